The number of aryl methyl sites for hydroxylation is 1. The molecule has 0 atom stereocenters. The number of nitrogens with zero attached hydrogens (tertiary/aromatic N) is 3. The standard InChI is InChI=1S/C19H25N3OS/c1-3-22-17(16-9-7-15(2)8-10-16)13-20-19(22)24-14-18(23)21-11-5-4-6-12-21/h7-10,13H,3-6,11-12,14H2,1-2H3. The van der Waals surface area contributed by atoms with Crippen molar-refractivity contribution in [3.63, 3.8) is 0 Å². The van der Waals surface area contributed by atoms with Crippen molar-refractivity contribution in [2.45, 2.75) is 44.8 Å². The average Bonchev–Trinajstić information content (AvgIpc) is 3.04. The molecule has 0 spiro atoms. The van der Waals surface area contributed by atoms with Crippen LogP contribution >= 0.6 is 11.8 Å². The maximum absolute atomic E-state index is 12.4. The highest BCUT2D eigenvalue weighted by Gasteiger charge is 2.18. The molecule has 0 N–H and O–H groups in total. The van der Waals surface area contributed by atoms with Crippen LogP contribution in [0.1, 0.15) is 31.7 Å². The predicted molar refractivity (Wildman–Crippen MR) is 99.2 cm³/mol. The first kappa shape index (κ1) is 17.1. The van der Waals surface area contributed by atoms with Gasteiger partial charge in [0.25, 0.3) is 0 Å². The van der Waals surface area contributed by atoms with Crippen molar-refractivity contribution in [2.24, 2.45) is 0 Å². The summed E-state index contributed by atoms with van der Waals surface area (Å²) < 4.78 is 2.19. The highest BCUT2D eigenvalue weighted by Crippen LogP contribution is 2.26. The van der Waals surface area contributed by atoms with Gasteiger partial charge in [0.1, 0.15) is 0 Å². The Morgan fingerprint density at radius 1 is 1.17 bits per heavy atom. The third-order valence-electron chi connectivity index (χ3n) is 4.52. The van der Waals surface area contributed by atoms with Gasteiger partial charge in [-0.25, -0.2) is 4.98 Å². The summed E-state index contributed by atoms with van der Waals surface area (Å²) in [5.41, 5.74) is 3.54. The molecule has 4 nitrogen and oxygen atoms in total. The van der Waals surface area contributed by atoms with Crippen molar-refractivity contribution in [3.05, 3.63) is 36.0 Å². The number of hydrogen-bond donors (Lipinski definition) is 0. The Hall–Kier alpha value is -1.75. The number of amides is 1. The molecule has 1 fully saturated rings. The van der Waals surface area contributed by atoms with Crippen molar-refractivity contribution >= 4 is 17.7 Å². The van der Waals surface area contributed by atoms with Gasteiger partial charge in [-0.2, -0.15) is 0 Å². The Labute approximate surface area is 148 Å². The highest BCUT2D eigenvalue weighted by molar-refractivity contribution is 7.99. The molecule has 3 rings (SSSR count). The fraction of sp³-hybridized carbons (Fsp3) is 0.474. The van der Waals surface area contributed by atoms with Crippen molar-refractivity contribution in [1.29, 1.82) is 0 Å². The lowest BCUT2D eigenvalue weighted by Gasteiger charge is -2.26. The third kappa shape index (κ3) is 3.83. The van der Waals surface area contributed by atoms with E-state index in [0.717, 1.165) is 43.3 Å². The molecule has 1 aliphatic heterocycles. The van der Waals surface area contributed by atoms with Crippen LogP contribution in [0.2, 0.25) is 0 Å². The summed E-state index contributed by atoms with van der Waals surface area (Å²) in [5.74, 6) is 0.715. The van der Waals surface area contributed by atoms with Gasteiger partial charge in [0.2, 0.25) is 5.91 Å². The number of piperidine rings is 1. The van der Waals surface area contributed by atoms with E-state index in [-0.39, 0.29) is 5.91 Å². The number of carbonyl (C=O) groups excluding carboxylic acids is 1. The molecule has 1 amide bonds. The van der Waals surface area contributed by atoms with Crippen molar-refractivity contribution in [1.82, 2.24) is 14.5 Å². The van der Waals surface area contributed by atoms with Crippen molar-refractivity contribution < 1.29 is 4.79 Å². The zero-order chi connectivity index (χ0) is 16.9. The number of thioether (sulfide) groups is 1. The van der Waals surface area contributed by atoms with E-state index < -0.39 is 0 Å². The van der Waals surface area contributed by atoms with E-state index >= 15 is 0 Å². The van der Waals surface area contributed by atoms with E-state index in [4.69, 9.17) is 0 Å². The quantitative estimate of drug-likeness (QED) is 0.771. The Morgan fingerprint density at radius 3 is 2.54 bits per heavy atom. The first-order valence-electron chi connectivity index (χ1n) is 8.72. The van der Waals surface area contributed by atoms with E-state index in [1.54, 1.807) is 11.8 Å². The fourth-order valence-corrected chi connectivity index (χ4v) is 4.04. The van der Waals surface area contributed by atoms with E-state index in [1.165, 1.54) is 17.5 Å². The number of benzene rings is 1. The smallest absolute Gasteiger partial charge is 0.233 e. The maximum Gasteiger partial charge on any atom is 0.233 e. The fourth-order valence-electron chi connectivity index (χ4n) is 3.10. The number of aromatic nitrogens is 2. The largest absolute Gasteiger partial charge is 0.342 e. The summed E-state index contributed by atoms with van der Waals surface area (Å²) in [6, 6.07) is 8.50. The van der Waals surface area contributed by atoms with Crippen molar-refractivity contribution in [2.75, 3.05) is 18.8 Å². The van der Waals surface area contributed by atoms with Gasteiger partial charge in [-0.3, -0.25) is 4.79 Å². The lowest BCUT2D eigenvalue weighted by Crippen LogP contribution is -2.36. The Kier molecular flexibility index (Phi) is 5.61. The minimum Gasteiger partial charge on any atom is -0.342 e. The molecule has 2 aromatic rings. The second-order valence-corrected chi connectivity index (χ2v) is 7.21. The van der Waals surface area contributed by atoms with Gasteiger partial charge in [-0.15, -0.1) is 0 Å². The number of hydrogen-bond acceptors (Lipinski definition) is 3. The lowest BCUT2D eigenvalue weighted by atomic mass is 10.1. The van der Waals surface area contributed by atoms with Gasteiger partial charge in [-0.05, 0) is 38.7 Å². The summed E-state index contributed by atoms with van der Waals surface area (Å²) in [4.78, 5) is 18.9. The second-order valence-electron chi connectivity index (χ2n) is 6.27. The molecule has 0 radical (unpaired) electrons. The number of likely N-dealkylation sites (tertiary alicyclic amines) is 1. The van der Waals surface area contributed by atoms with Crippen LogP contribution in [0.4, 0.5) is 0 Å². The topological polar surface area (TPSA) is 38.1 Å². The van der Waals surface area contributed by atoms with E-state index in [1.807, 2.05) is 11.1 Å². The summed E-state index contributed by atoms with van der Waals surface area (Å²) >= 11 is 1.55. The first-order valence-corrected chi connectivity index (χ1v) is 9.70. The van der Waals surface area contributed by atoms with E-state index in [2.05, 4.69) is 47.7 Å². The van der Waals surface area contributed by atoms with Crippen LogP contribution in [0.25, 0.3) is 11.3 Å². The minimum atomic E-state index is 0.238. The molecule has 1 aliphatic rings. The van der Waals surface area contributed by atoms with E-state index in [0.29, 0.717) is 5.75 Å². The minimum absolute atomic E-state index is 0.238. The van der Waals surface area contributed by atoms with Crippen LogP contribution in [-0.2, 0) is 11.3 Å². The molecular formula is C19H25N3OS. The summed E-state index contributed by atoms with van der Waals surface area (Å²) in [5, 5.41) is 0.929. The summed E-state index contributed by atoms with van der Waals surface area (Å²) in [6.07, 6.45) is 5.44. The van der Waals surface area contributed by atoms with Gasteiger partial charge in [0, 0.05) is 19.6 Å². The first-order chi connectivity index (χ1) is 11.7. The zero-order valence-corrected chi connectivity index (χ0v) is 15.3. The molecule has 0 unspecified atom stereocenters. The molecule has 1 saturated heterocycles. The van der Waals surface area contributed by atoms with E-state index in [9.17, 15) is 4.79 Å². The molecule has 2 heterocycles. The van der Waals surface area contributed by atoms with Gasteiger partial charge >= 0.3 is 0 Å². The second kappa shape index (κ2) is 7.88. The molecule has 0 saturated carbocycles. The van der Waals surface area contributed by atoms with Gasteiger partial charge in [-0.1, -0.05) is 41.6 Å². The van der Waals surface area contributed by atoms with Crippen LogP contribution in [-0.4, -0.2) is 39.2 Å². The molecule has 5 heteroatoms. The predicted octanol–water partition coefficient (Wildman–Crippen LogP) is 3.98. The number of rotatable bonds is 5. The molecule has 0 bridgehead atoms. The van der Waals surface area contributed by atoms with Crippen molar-refractivity contribution in [3.8, 4) is 11.3 Å². The normalized spacial score (nSPS) is 14.8. The van der Waals surface area contributed by atoms with Gasteiger partial charge in [0.15, 0.2) is 5.16 Å². The lowest BCUT2D eigenvalue weighted by molar-refractivity contribution is -0.129. The number of imidazole rings is 1. The zero-order valence-electron chi connectivity index (χ0n) is 14.5. The van der Waals surface area contributed by atoms with Crippen LogP contribution in [0.15, 0.2) is 35.6 Å². The SMILES string of the molecule is CCn1c(-c2ccc(C)cc2)cnc1SCC(=O)N1CCCCC1. The summed E-state index contributed by atoms with van der Waals surface area (Å²) in [7, 11) is 0. The maximum atomic E-state index is 12.4. The molecule has 0 aliphatic carbocycles. The highest BCUT2D eigenvalue weighted by atomic mass is 32.2. The molecule has 1 aromatic heterocycles. The average molecular weight is 343 g/mol. The molecule has 128 valence electrons. The molecule has 24 heavy (non-hydrogen) atoms. The monoisotopic (exact) mass is 343 g/mol. The van der Waals surface area contributed by atoms with Crippen LogP contribution in [0, 0.1) is 6.92 Å². The third-order valence-corrected chi connectivity index (χ3v) is 5.49. The Bertz CT molecular complexity index is 687. The molecule has 1 aromatic carbocycles. The Balaban J connectivity index is 1.70. The van der Waals surface area contributed by atoms with Crippen LogP contribution in [0.3, 0.4) is 0 Å². The Morgan fingerprint density at radius 2 is 1.88 bits per heavy atom. The molecular weight excluding hydrogens is 318 g/mol. The number of carbonyl (C=O) groups is 1. The van der Waals surface area contributed by atoms with Crippen LogP contribution < -0.4 is 0 Å². The summed E-state index contributed by atoms with van der Waals surface area (Å²) in [6.45, 7) is 6.89. The van der Waals surface area contributed by atoms with Gasteiger partial charge < -0.3 is 9.47 Å². The van der Waals surface area contributed by atoms with Gasteiger partial charge in [0.05, 0.1) is 17.6 Å². The van der Waals surface area contributed by atoms with Crippen LogP contribution in [0.5, 0.6) is 0 Å².